The summed E-state index contributed by atoms with van der Waals surface area (Å²) in [7, 11) is 1.45. The normalized spacial score (nSPS) is 10.9. The number of hydrogen-bond donors (Lipinski definition) is 2. The Morgan fingerprint density at radius 2 is 2.14 bits per heavy atom. The van der Waals surface area contributed by atoms with Crippen LogP contribution >= 0.6 is 23.1 Å². The van der Waals surface area contributed by atoms with Crippen LogP contribution in [-0.2, 0) is 4.79 Å². The molecule has 0 unspecified atom stereocenters. The Balaban J connectivity index is 1.81. The van der Waals surface area contributed by atoms with Crippen LogP contribution in [0.4, 0.5) is 4.79 Å². The number of aromatic nitrogens is 3. The molecule has 0 aliphatic carbocycles. The molecule has 3 rings (SSSR count). The van der Waals surface area contributed by atoms with E-state index in [1.165, 1.54) is 18.8 Å². The monoisotopic (exact) mass is 321 g/mol. The number of carbonyl (C=O) groups excluding carboxylic acids is 2. The van der Waals surface area contributed by atoms with E-state index in [-0.39, 0.29) is 11.7 Å². The van der Waals surface area contributed by atoms with Gasteiger partial charge in [-0.15, -0.1) is 10.2 Å². The first-order valence-corrected chi connectivity index (χ1v) is 7.86. The van der Waals surface area contributed by atoms with E-state index >= 15 is 0 Å². The van der Waals surface area contributed by atoms with Gasteiger partial charge >= 0.3 is 6.03 Å². The summed E-state index contributed by atoms with van der Waals surface area (Å²) in [6, 6.07) is 7.39. The summed E-state index contributed by atoms with van der Waals surface area (Å²) in [5.41, 5.74) is 1.01. The third kappa shape index (κ3) is 2.69. The topological polar surface area (TPSA) is 88.4 Å². The largest absolute Gasteiger partial charge is 0.341 e. The van der Waals surface area contributed by atoms with Gasteiger partial charge in [-0.3, -0.25) is 14.5 Å². The molecular weight excluding hydrogens is 310 g/mol. The van der Waals surface area contributed by atoms with Gasteiger partial charge in [-0.1, -0.05) is 35.2 Å². The van der Waals surface area contributed by atoms with Crippen molar-refractivity contribution >= 4 is 50.2 Å². The van der Waals surface area contributed by atoms with E-state index < -0.39 is 6.03 Å². The van der Waals surface area contributed by atoms with E-state index in [0.717, 1.165) is 15.2 Å². The number of nitrogens with one attached hydrogen (secondary N) is 2. The van der Waals surface area contributed by atoms with Crippen molar-refractivity contribution in [3.63, 3.8) is 0 Å². The lowest BCUT2D eigenvalue weighted by Crippen LogP contribution is -2.38. The molecule has 0 fully saturated rings. The Hall–Kier alpha value is -2.13. The lowest BCUT2D eigenvalue weighted by Gasteiger charge is -2.02. The fourth-order valence-corrected chi connectivity index (χ4v) is 3.57. The third-order valence-corrected chi connectivity index (χ3v) is 4.66. The Labute approximate surface area is 127 Å². The van der Waals surface area contributed by atoms with Gasteiger partial charge in [-0.25, -0.2) is 4.79 Å². The van der Waals surface area contributed by atoms with E-state index in [4.69, 9.17) is 0 Å². The number of urea groups is 1. The molecule has 2 heterocycles. The van der Waals surface area contributed by atoms with Gasteiger partial charge in [0.15, 0.2) is 5.16 Å². The number of carbonyl (C=O) groups is 2. The molecule has 21 heavy (non-hydrogen) atoms. The van der Waals surface area contributed by atoms with E-state index in [2.05, 4.69) is 20.8 Å². The first kappa shape index (κ1) is 13.8. The highest BCUT2D eigenvalue weighted by atomic mass is 32.2. The van der Waals surface area contributed by atoms with E-state index in [1.54, 1.807) is 11.3 Å². The number of amides is 3. The second-order valence-electron chi connectivity index (χ2n) is 4.09. The minimum Gasteiger partial charge on any atom is -0.341 e. The second kappa shape index (κ2) is 5.70. The standard InChI is InChI=1S/C12H11N5O2S2/c1-13-10(19)14-9(18)6-20-11-15-16-12-17(11)7-4-2-3-5-8(7)21-12/h2-5H,6H2,1H3,(H2,13,14,18,19). The molecule has 1 aromatic carbocycles. The number of para-hydroxylation sites is 1. The van der Waals surface area contributed by atoms with Crippen molar-refractivity contribution in [3.8, 4) is 0 Å². The van der Waals surface area contributed by atoms with Crippen molar-refractivity contribution in [3.05, 3.63) is 24.3 Å². The van der Waals surface area contributed by atoms with Gasteiger partial charge in [0.05, 0.1) is 16.0 Å². The zero-order chi connectivity index (χ0) is 14.8. The van der Waals surface area contributed by atoms with Gasteiger partial charge in [0.25, 0.3) is 0 Å². The maximum absolute atomic E-state index is 11.6. The molecule has 0 saturated carbocycles. The van der Waals surface area contributed by atoms with Crippen molar-refractivity contribution in [1.82, 2.24) is 25.2 Å². The Kier molecular flexibility index (Phi) is 3.76. The summed E-state index contributed by atoms with van der Waals surface area (Å²) < 4.78 is 3.02. The molecule has 0 aliphatic heterocycles. The van der Waals surface area contributed by atoms with Crippen LogP contribution in [-0.4, -0.2) is 39.3 Å². The number of rotatable bonds is 3. The number of nitrogens with zero attached hydrogens (tertiary/aromatic N) is 3. The zero-order valence-corrected chi connectivity index (χ0v) is 12.6. The summed E-state index contributed by atoms with van der Waals surface area (Å²) >= 11 is 2.78. The number of thioether (sulfide) groups is 1. The van der Waals surface area contributed by atoms with Crippen LogP contribution in [0.25, 0.3) is 15.2 Å². The van der Waals surface area contributed by atoms with Crippen LogP contribution in [0.1, 0.15) is 0 Å². The molecule has 0 saturated heterocycles. The van der Waals surface area contributed by atoms with Crippen LogP contribution in [0.3, 0.4) is 0 Å². The summed E-state index contributed by atoms with van der Waals surface area (Å²) in [6.07, 6.45) is 0. The molecule has 2 aromatic heterocycles. The van der Waals surface area contributed by atoms with Gasteiger partial charge in [0.1, 0.15) is 0 Å². The van der Waals surface area contributed by atoms with E-state index in [1.807, 2.05) is 28.7 Å². The predicted molar refractivity (Wildman–Crippen MR) is 81.7 cm³/mol. The van der Waals surface area contributed by atoms with Gasteiger partial charge in [0.2, 0.25) is 10.9 Å². The van der Waals surface area contributed by atoms with Gasteiger partial charge in [-0.2, -0.15) is 0 Å². The van der Waals surface area contributed by atoms with Crippen LogP contribution in [0.2, 0.25) is 0 Å². The summed E-state index contributed by atoms with van der Waals surface area (Å²) in [4.78, 5) is 23.4. The fraction of sp³-hybridized carbons (Fsp3) is 0.167. The third-order valence-electron chi connectivity index (χ3n) is 2.72. The molecule has 7 nitrogen and oxygen atoms in total. The summed E-state index contributed by atoms with van der Waals surface area (Å²) in [5.74, 6) is -0.283. The fourth-order valence-electron chi connectivity index (χ4n) is 1.80. The maximum atomic E-state index is 11.6. The average Bonchev–Trinajstić information content (AvgIpc) is 3.04. The van der Waals surface area contributed by atoms with E-state index in [0.29, 0.717) is 5.16 Å². The highest BCUT2D eigenvalue weighted by Gasteiger charge is 2.14. The minimum atomic E-state index is -0.520. The van der Waals surface area contributed by atoms with Gasteiger partial charge in [-0.05, 0) is 12.1 Å². The van der Waals surface area contributed by atoms with Crippen LogP contribution in [0.5, 0.6) is 0 Å². The quantitative estimate of drug-likeness (QED) is 0.714. The van der Waals surface area contributed by atoms with Crippen LogP contribution in [0.15, 0.2) is 29.4 Å². The zero-order valence-electron chi connectivity index (χ0n) is 11.0. The van der Waals surface area contributed by atoms with Gasteiger partial charge in [0, 0.05) is 7.05 Å². The molecule has 0 radical (unpaired) electrons. The predicted octanol–water partition coefficient (Wildman–Crippen LogP) is 1.49. The van der Waals surface area contributed by atoms with Crippen molar-refractivity contribution < 1.29 is 9.59 Å². The molecular formula is C12H11N5O2S2. The summed E-state index contributed by atoms with van der Waals surface area (Å²) in [5, 5.41) is 13.4. The second-order valence-corrected chi connectivity index (χ2v) is 6.04. The van der Waals surface area contributed by atoms with E-state index in [9.17, 15) is 9.59 Å². The first-order valence-electron chi connectivity index (χ1n) is 6.06. The number of imide groups is 1. The van der Waals surface area contributed by atoms with Crippen molar-refractivity contribution in [2.45, 2.75) is 5.16 Å². The SMILES string of the molecule is CNC(=O)NC(=O)CSc1nnc2sc3ccccc3n12. The van der Waals surface area contributed by atoms with Crippen molar-refractivity contribution in [1.29, 1.82) is 0 Å². The maximum Gasteiger partial charge on any atom is 0.321 e. The molecule has 0 aliphatic rings. The highest BCUT2D eigenvalue weighted by Crippen LogP contribution is 2.29. The first-order chi connectivity index (χ1) is 10.2. The van der Waals surface area contributed by atoms with Crippen molar-refractivity contribution in [2.24, 2.45) is 0 Å². The smallest absolute Gasteiger partial charge is 0.321 e. The van der Waals surface area contributed by atoms with Crippen LogP contribution in [0, 0.1) is 0 Å². The van der Waals surface area contributed by atoms with Crippen LogP contribution < -0.4 is 10.6 Å². The molecule has 3 amide bonds. The number of benzene rings is 1. The lowest BCUT2D eigenvalue weighted by atomic mass is 10.3. The molecule has 108 valence electrons. The number of thiazole rings is 1. The molecule has 9 heteroatoms. The van der Waals surface area contributed by atoms with Crippen molar-refractivity contribution in [2.75, 3.05) is 12.8 Å². The van der Waals surface area contributed by atoms with Gasteiger partial charge < -0.3 is 5.32 Å². The Morgan fingerprint density at radius 1 is 1.33 bits per heavy atom. The Bertz CT molecular complexity index is 825. The molecule has 0 spiro atoms. The average molecular weight is 321 g/mol. The minimum absolute atomic E-state index is 0.0956. The molecule has 0 bridgehead atoms. The lowest BCUT2D eigenvalue weighted by molar-refractivity contribution is -0.117. The molecule has 0 atom stereocenters. The number of fused-ring (bicyclic) bond motifs is 3. The summed E-state index contributed by atoms with van der Waals surface area (Å²) in [6.45, 7) is 0. The number of hydrogen-bond acceptors (Lipinski definition) is 6. The Morgan fingerprint density at radius 3 is 2.95 bits per heavy atom. The highest BCUT2D eigenvalue weighted by molar-refractivity contribution is 7.99. The molecule has 2 N–H and O–H groups in total. The molecule has 3 aromatic rings.